The molecule has 1 aromatic heterocycles. The molecule has 13 heavy (non-hydrogen) atoms. The number of nitrogens with zero attached hydrogens (tertiary/aromatic N) is 1. The monoisotopic (exact) mass is 180 g/mol. The maximum atomic E-state index is 5.57. The normalized spacial score (nSPS) is 12.8. The number of aromatic nitrogens is 1. The minimum atomic E-state index is 0.241. The van der Waals surface area contributed by atoms with Crippen molar-refractivity contribution in [3.63, 3.8) is 0 Å². The van der Waals surface area contributed by atoms with Gasteiger partial charge < -0.3 is 10.1 Å². The lowest BCUT2D eigenvalue weighted by Gasteiger charge is -2.11. The number of pyridine rings is 1. The SMILES string of the molecule is CNCC(C)OCc1cccnc1. The standard InChI is InChI=1S/C10H16N2O/c1-9(6-11-2)13-8-10-4-3-5-12-7-10/h3-5,7,9,11H,6,8H2,1-2H3. The summed E-state index contributed by atoms with van der Waals surface area (Å²) in [5.41, 5.74) is 1.12. The molecule has 0 radical (unpaired) electrons. The van der Waals surface area contributed by atoms with Crippen LogP contribution in [0.5, 0.6) is 0 Å². The second kappa shape index (κ2) is 5.67. The fourth-order valence-electron chi connectivity index (χ4n) is 1.07. The van der Waals surface area contributed by atoms with E-state index in [0.29, 0.717) is 6.61 Å². The first kappa shape index (κ1) is 10.2. The van der Waals surface area contributed by atoms with E-state index < -0.39 is 0 Å². The summed E-state index contributed by atoms with van der Waals surface area (Å²) in [7, 11) is 1.92. The van der Waals surface area contributed by atoms with Gasteiger partial charge in [-0.05, 0) is 25.6 Å². The molecule has 1 heterocycles. The van der Waals surface area contributed by atoms with Crippen LogP contribution in [0.4, 0.5) is 0 Å². The topological polar surface area (TPSA) is 34.1 Å². The van der Waals surface area contributed by atoms with Crippen LogP contribution in [0.2, 0.25) is 0 Å². The minimum Gasteiger partial charge on any atom is -0.372 e. The smallest absolute Gasteiger partial charge is 0.0736 e. The van der Waals surface area contributed by atoms with E-state index in [9.17, 15) is 0 Å². The van der Waals surface area contributed by atoms with Crippen molar-refractivity contribution in [3.05, 3.63) is 30.1 Å². The van der Waals surface area contributed by atoms with Crippen LogP contribution in [0.25, 0.3) is 0 Å². The van der Waals surface area contributed by atoms with Gasteiger partial charge >= 0.3 is 0 Å². The molecule has 3 nitrogen and oxygen atoms in total. The summed E-state index contributed by atoms with van der Waals surface area (Å²) in [5.74, 6) is 0. The minimum absolute atomic E-state index is 0.241. The van der Waals surface area contributed by atoms with Gasteiger partial charge in [0, 0.05) is 18.9 Å². The maximum absolute atomic E-state index is 5.57. The lowest BCUT2D eigenvalue weighted by atomic mass is 10.3. The van der Waals surface area contributed by atoms with Gasteiger partial charge in [-0.15, -0.1) is 0 Å². The number of likely N-dealkylation sites (N-methyl/N-ethyl adjacent to an activating group) is 1. The van der Waals surface area contributed by atoms with E-state index in [0.717, 1.165) is 12.1 Å². The summed E-state index contributed by atoms with van der Waals surface area (Å²) in [4.78, 5) is 4.01. The predicted octanol–water partition coefficient (Wildman–Crippen LogP) is 1.21. The second-order valence-corrected chi connectivity index (χ2v) is 3.04. The van der Waals surface area contributed by atoms with E-state index >= 15 is 0 Å². The van der Waals surface area contributed by atoms with Gasteiger partial charge in [0.15, 0.2) is 0 Å². The van der Waals surface area contributed by atoms with Crippen molar-refractivity contribution in [2.75, 3.05) is 13.6 Å². The molecule has 1 N–H and O–H groups in total. The molecule has 0 fully saturated rings. The summed E-state index contributed by atoms with van der Waals surface area (Å²) >= 11 is 0. The molecule has 1 unspecified atom stereocenters. The molecule has 0 aromatic carbocycles. The molecule has 3 heteroatoms. The highest BCUT2D eigenvalue weighted by atomic mass is 16.5. The third-order valence-corrected chi connectivity index (χ3v) is 1.75. The summed E-state index contributed by atoms with van der Waals surface area (Å²) < 4.78 is 5.57. The van der Waals surface area contributed by atoms with Crippen molar-refractivity contribution in [3.8, 4) is 0 Å². The van der Waals surface area contributed by atoms with Crippen molar-refractivity contribution in [1.29, 1.82) is 0 Å². The molecule has 0 saturated heterocycles. The predicted molar refractivity (Wildman–Crippen MR) is 52.4 cm³/mol. The Morgan fingerprint density at radius 3 is 3.08 bits per heavy atom. The Morgan fingerprint density at radius 2 is 2.46 bits per heavy atom. The van der Waals surface area contributed by atoms with Crippen LogP contribution < -0.4 is 5.32 Å². The second-order valence-electron chi connectivity index (χ2n) is 3.04. The molecule has 1 atom stereocenters. The first-order chi connectivity index (χ1) is 6.33. The summed E-state index contributed by atoms with van der Waals surface area (Å²) in [5, 5.41) is 3.06. The van der Waals surface area contributed by atoms with Gasteiger partial charge in [-0.2, -0.15) is 0 Å². The van der Waals surface area contributed by atoms with Crippen LogP contribution >= 0.6 is 0 Å². The van der Waals surface area contributed by atoms with Crippen molar-refractivity contribution < 1.29 is 4.74 Å². The lowest BCUT2D eigenvalue weighted by Crippen LogP contribution is -2.23. The number of hydrogen-bond donors (Lipinski definition) is 1. The Hall–Kier alpha value is -0.930. The van der Waals surface area contributed by atoms with Crippen molar-refractivity contribution in [1.82, 2.24) is 10.3 Å². The molecule has 1 aromatic rings. The summed E-state index contributed by atoms with van der Waals surface area (Å²) in [6.07, 6.45) is 3.83. The molecular weight excluding hydrogens is 164 g/mol. The van der Waals surface area contributed by atoms with E-state index in [4.69, 9.17) is 4.74 Å². The van der Waals surface area contributed by atoms with Crippen LogP contribution in [0.3, 0.4) is 0 Å². The Bertz CT molecular complexity index is 226. The van der Waals surface area contributed by atoms with E-state index in [1.54, 1.807) is 6.20 Å². The van der Waals surface area contributed by atoms with Crippen LogP contribution in [0.15, 0.2) is 24.5 Å². The van der Waals surface area contributed by atoms with Gasteiger partial charge in [0.1, 0.15) is 0 Å². The number of rotatable bonds is 5. The largest absolute Gasteiger partial charge is 0.372 e. The zero-order chi connectivity index (χ0) is 9.52. The first-order valence-electron chi connectivity index (χ1n) is 4.48. The Balaban J connectivity index is 2.27. The van der Waals surface area contributed by atoms with Crippen LogP contribution in [-0.2, 0) is 11.3 Å². The average Bonchev–Trinajstić information content (AvgIpc) is 2.17. The number of hydrogen-bond acceptors (Lipinski definition) is 3. The highest BCUT2D eigenvalue weighted by Crippen LogP contribution is 2.00. The molecule has 0 aliphatic carbocycles. The van der Waals surface area contributed by atoms with Crippen molar-refractivity contribution >= 4 is 0 Å². The highest BCUT2D eigenvalue weighted by molar-refractivity contribution is 5.06. The van der Waals surface area contributed by atoms with Gasteiger partial charge in [-0.25, -0.2) is 0 Å². The molecule has 72 valence electrons. The van der Waals surface area contributed by atoms with Gasteiger partial charge in [-0.1, -0.05) is 6.07 Å². The van der Waals surface area contributed by atoms with Gasteiger partial charge in [-0.3, -0.25) is 4.98 Å². The fourth-order valence-corrected chi connectivity index (χ4v) is 1.07. The number of nitrogens with one attached hydrogen (secondary N) is 1. The molecule has 0 aliphatic heterocycles. The maximum Gasteiger partial charge on any atom is 0.0736 e. The quantitative estimate of drug-likeness (QED) is 0.739. The van der Waals surface area contributed by atoms with E-state index in [1.165, 1.54) is 0 Å². The van der Waals surface area contributed by atoms with Gasteiger partial charge in [0.05, 0.1) is 12.7 Å². The van der Waals surface area contributed by atoms with Gasteiger partial charge in [0.25, 0.3) is 0 Å². The van der Waals surface area contributed by atoms with Crippen molar-refractivity contribution in [2.24, 2.45) is 0 Å². The molecule has 0 aliphatic rings. The molecule has 0 amide bonds. The zero-order valence-electron chi connectivity index (χ0n) is 8.16. The van der Waals surface area contributed by atoms with Crippen molar-refractivity contribution in [2.45, 2.75) is 19.6 Å². The van der Waals surface area contributed by atoms with Crippen LogP contribution in [-0.4, -0.2) is 24.7 Å². The molecule has 0 bridgehead atoms. The first-order valence-corrected chi connectivity index (χ1v) is 4.48. The van der Waals surface area contributed by atoms with Gasteiger partial charge in [0.2, 0.25) is 0 Å². The Labute approximate surface area is 79.1 Å². The van der Waals surface area contributed by atoms with E-state index in [1.807, 2.05) is 32.3 Å². The summed E-state index contributed by atoms with van der Waals surface area (Å²) in [6, 6.07) is 3.93. The Morgan fingerprint density at radius 1 is 1.62 bits per heavy atom. The average molecular weight is 180 g/mol. The zero-order valence-corrected chi connectivity index (χ0v) is 8.16. The Kier molecular flexibility index (Phi) is 4.43. The summed E-state index contributed by atoms with van der Waals surface area (Å²) in [6.45, 7) is 3.56. The third kappa shape index (κ3) is 4.01. The third-order valence-electron chi connectivity index (χ3n) is 1.75. The molecular formula is C10H16N2O. The van der Waals surface area contributed by atoms with E-state index in [2.05, 4.69) is 10.3 Å². The molecule has 0 spiro atoms. The molecule has 0 saturated carbocycles. The van der Waals surface area contributed by atoms with E-state index in [-0.39, 0.29) is 6.10 Å². The van der Waals surface area contributed by atoms with Crippen LogP contribution in [0, 0.1) is 0 Å². The fraction of sp³-hybridized carbons (Fsp3) is 0.500. The van der Waals surface area contributed by atoms with Crippen LogP contribution in [0.1, 0.15) is 12.5 Å². The lowest BCUT2D eigenvalue weighted by molar-refractivity contribution is 0.0543. The molecule has 1 rings (SSSR count). The number of ether oxygens (including phenoxy) is 1. The highest BCUT2D eigenvalue weighted by Gasteiger charge is 2.00.